The maximum atomic E-state index is 14.2. The van der Waals surface area contributed by atoms with Crippen molar-refractivity contribution in [3.63, 3.8) is 0 Å². The molecule has 0 heterocycles. The summed E-state index contributed by atoms with van der Waals surface area (Å²) in [5, 5.41) is 0.952. The molecule has 0 saturated carbocycles. The molecular formula is C11H16F8NO5P. The van der Waals surface area contributed by atoms with Gasteiger partial charge in [0.25, 0.3) is 0 Å². The summed E-state index contributed by atoms with van der Waals surface area (Å²) in [6.45, 7) is 0.739. The van der Waals surface area contributed by atoms with Crippen molar-refractivity contribution in [3.05, 3.63) is 0 Å². The first kappa shape index (κ1) is 24.9. The van der Waals surface area contributed by atoms with Crippen molar-refractivity contribution in [2.75, 3.05) is 20.3 Å². The van der Waals surface area contributed by atoms with E-state index >= 15 is 0 Å². The van der Waals surface area contributed by atoms with Gasteiger partial charge in [-0.1, -0.05) is 0 Å². The zero-order chi connectivity index (χ0) is 21.0. The van der Waals surface area contributed by atoms with Crippen molar-refractivity contribution in [3.8, 4) is 0 Å². The highest BCUT2D eigenvalue weighted by Crippen LogP contribution is 2.62. The number of amides is 1. The number of ether oxygens (including phenoxy) is 1. The van der Waals surface area contributed by atoms with E-state index in [1.165, 1.54) is 0 Å². The SMILES string of the molecule is CCOP(=O)(OCC)C(NC(=O)OC)C(F)(F)C(F)(F)C(F)(F)C(F)F. The molecule has 0 spiro atoms. The maximum Gasteiger partial charge on any atom is 0.407 e. The van der Waals surface area contributed by atoms with Gasteiger partial charge in [-0.25, -0.2) is 13.6 Å². The summed E-state index contributed by atoms with van der Waals surface area (Å²) < 4.78 is 131. The fraction of sp³-hybridized carbons (Fsp3) is 0.909. The van der Waals surface area contributed by atoms with Gasteiger partial charge in [0, 0.05) is 0 Å². The molecule has 0 radical (unpaired) electrons. The molecule has 0 aliphatic heterocycles. The Bertz CT molecular complexity index is 523. The largest absolute Gasteiger partial charge is 0.453 e. The van der Waals surface area contributed by atoms with E-state index in [0.29, 0.717) is 7.11 Å². The molecule has 6 nitrogen and oxygen atoms in total. The number of halogens is 8. The Morgan fingerprint density at radius 2 is 1.42 bits per heavy atom. The Morgan fingerprint density at radius 1 is 1.00 bits per heavy atom. The van der Waals surface area contributed by atoms with Crippen LogP contribution in [0.3, 0.4) is 0 Å². The van der Waals surface area contributed by atoms with Crippen LogP contribution in [0.2, 0.25) is 0 Å². The highest BCUT2D eigenvalue weighted by atomic mass is 31.2. The highest BCUT2D eigenvalue weighted by Gasteiger charge is 2.80. The molecule has 1 atom stereocenters. The van der Waals surface area contributed by atoms with Crippen molar-refractivity contribution in [2.45, 2.75) is 43.8 Å². The Kier molecular flexibility index (Phi) is 8.32. The van der Waals surface area contributed by atoms with Crippen LogP contribution in [0.5, 0.6) is 0 Å². The van der Waals surface area contributed by atoms with Gasteiger partial charge in [0.05, 0.1) is 20.3 Å². The smallest absolute Gasteiger partial charge is 0.407 e. The molecule has 0 rings (SSSR count). The molecule has 0 aliphatic carbocycles. The van der Waals surface area contributed by atoms with Crippen molar-refractivity contribution in [2.24, 2.45) is 0 Å². The van der Waals surface area contributed by atoms with E-state index in [1.54, 1.807) is 0 Å². The van der Waals surface area contributed by atoms with Crippen LogP contribution in [0, 0.1) is 0 Å². The predicted molar refractivity (Wildman–Crippen MR) is 71.0 cm³/mol. The van der Waals surface area contributed by atoms with Crippen LogP contribution in [0.4, 0.5) is 39.9 Å². The van der Waals surface area contributed by atoms with Crippen LogP contribution in [0.25, 0.3) is 0 Å². The zero-order valence-electron chi connectivity index (χ0n) is 13.6. The Labute approximate surface area is 142 Å². The third-order valence-corrected chi connectivity index (χ3v) is 5.15. The van der Waals surface area contributed by atoms with Gasteiger partial charge < -0.3 is 19.1 Å². The Morgan fingerprint density at radius 3 is 1.73 bits per heavy atom. The monoisotopic (exact) mass is 425 g/mol. The minimum Gasteiger partial charge on any atom is -0.453 e. The van der Waals surface area contributed by atoms with Gasteiger partial charge in [-0.3, -0.25) is 4.57 Å². The standard InChI is InChI=1S/C11H16F8NO5P/c1-4-24-26(22,25-5-2)7(20-8(21)23-3)10(16,17)11(18,19)9(14,15)6(12)13/h6-7H,4-5H2,1-3H3,(H,20,21). The van der Waals surface area contributed by atoms with Gasteiger partial charge in [-0.2, -0.15) is 26.3 Å². The third-order valence-electron chi connectivity index (χ3n) is 2.83. The summed E-state index contributed by atoms with van der Waals surface area (Å²) in [4.78, 5) is 11.2. The molecule has 15 heteroatoms. The molecule has 1 unspecified atom stereocenters. The van der Waals surface area contributed by atoms with E-state index in [9.17, 15) is 44.5 Å². The third kappa shape index (κ3) is 4.58. The van der Waals surface area contributed by atoms with Crippen molar-refractivity contribution >= 4 is 13.7 Å². The van der Waals surface area contributed by atoms with Crippen molar-refractivity contribution < 1.29 is 58.3 Å². The fourth-order valence-electron chi connectivity index (χ4n) is 1.62. The Balaban J connectivity index is 6.39. The van der Waals surface area contributed by atoms with E-state index in [0.717, 1.165) is 19.2 Å². The van der Waals surface area contributed by atoms with Gasteiger partial charge in [0.15, 0.2) is 0 Å². The minimum absolute atomic E-state index is 0.586. The average Bonchev–Trinajstić information content (AvgIpc) is 2.51. The molecule has 0 bridgehead atoms. The summed E-state index contributed by atoms with van der Waals surface area (Å²) in [5.74, 6) is -23.2. The van der Waals surface area contributed by atoms with E-state index < -0.39 is 56.9 Å². The molecule has 0 fully saturated rings. The molecule has 1 N–H and O–H groups in total. The molecule has 0 saturated heterocycles. The summed E-state index contributed by atoms with van der Waals surface area (Å²) in [7, 11) is -4.85. The molecule has 0 aromatic heterocycles. The second-order valence-electron chi connectivity index (χ2n) is 4.53. The number of carbonyl (C=O) groups is 1. The molecule has 0 aliphatic rings. The summed E-state index contributed by atoms with van der Waals surface area (Å²) >= 11 is 0. The number of hydrogen-bond acceptors (Lipinski definition) is 5. The van der Waals surface area contributed by atoms with Crippen LogP contribution in [-0.2, 0) is 18.3 Å². The van der Waals surface area contributed by atoms with E-state index in [2.05, 4.69) is 13.8 Å². The van der Waals surface area contributed by atoms with Crippen molar-refractivity contribution in [1.29, 1.82) is 0 Å². The molecule has 26 heavy (non-hydrogen) atoms. The van der Waals surface area contributed by atoms with Gasteiger partial charge >= 0.3 is 37.9 Å². The van der Waals surface area contributed by atoms with Gasteiger partial charge in [0.1, 0.15) is 0 Å². The second-order valence-corrected chi connectivity index (χ2v) is 6.65. The molecule has 156 valence electrons. The molecule has 1 amide bonds. The summed E-state index contributed by atoms with van der Waals surface area (Å²) in [6.07, 6.45) is -7.09. The van der Waals surface area contributed by atoms with Crippen LogP contribution in [0.15, 0.2) is 0 Å². The van der Waals surface area contributed by atoms with Crippen molar-refractivity contribution in [1.82, 2.24) is 5.32 Å². The number of hydrogen-bond donors (Lipinski definition) is 1. The molecular weight excluding hydrogens is 409 g/mol. The lowest BCUT2D eigenvalue weighted by Crippen LogP contribution is -2.65. The summed E-state index contributed by atoms with van der Waals surface area (Å²) in [5.41, 5.74) is 0. The van der Waals surface area contributed by atoms with Gasteiger partial charge in [0.2, 0.25) is 5.78 Å². The number of alkyl carbamates (subject to hydrolysis) is 1. The summed E-state index contributed by atoms with van der Waals surface area (Å²) in [6, 6.07) is 0. The van der Waals surface area contributed by atoms with E-state index in [1.807, 2.05) is 0 Å². The normalized spacial score (nSPS) is 15.1. The quantitative estimate of drug-likeness (QED) is 0.422. The molecule has 0 aromatic rings. The maximum absolute atomic E-state index is 14.2. The first-order valence-electron chi connectivity index (χ1n) is 6.80. The first-order chi connectivity index (χ1) is 11.7. The minimum atomic E-state index is -6.75. The number of carbonyl (C=O) groups excluding carboxylic acids is 1. The van der Waals surface area contributed by atoms with Crippen LogP contribution < -0.4 is 5.32 Å². The van der Waals surface area contributed by atoms with Gasteiger partial charge in [-0.05, 0) is 13.8 Å². The number of methoxy groups -OCH3 is 1. The van der Waals surface area contributed by atoms with Gasteiger partial charge in [-0.15, -0.1) is 0 Å². The number of alkyl halides is 8. The lowest BCUT2D eigenvalue weighted by molar-refractivity contribution is -0.339. The first-order valence-corrected chi connectivity index (χ1v) is 8.41. The number of rotatable bonds is 10. The van der Waals surface area contributed by atoms with Crippen LogP contribution in [0.1, 0.15) is 13.8 Å². The van der Waals surface area contributed by atoms with E-state index in [-0.39, 0.29) is 0 Å². The van der Waals surface area contributed by atoms with Crippen LogP contribution >= 0.6 is 7.60 Å². The second kappa shape index (κ2) is 8.70. The highest BCUT2D eigenvalue weighted by molar-refractivity contribution is 7.54. The number of nitrogens with one attached hydrogen (secondary N) is 1. The average molecular weight is 425 g/mol. The zero-order valence-corrected chi connectivity index (χ0v) is 14.5. The molecule has 0 aromatic carbocycles. The Hall–Kier alpha value is -1.14. The van der Waals surface area contributed by atoms with Crippen LogP contribution in [-0.4, -0.2) is 56.4 Å². The fourth-order valence-corrected chi connectivity index (χ4v) is 3.53. The lowest BCUT2D eigenvalue weighted by Gasteiger charge is -2.38. The topological polar surface area (TPSA) is 73.9 Å². The predicted octanol–water partition coefficient (Wildman–Crippen LogP) is 4.11. The lowest BCUT2D eigenvalue weighted by atomic mass is 10.0. The van der Waals surface area contributed by atoms with E-state index in [4.69, 9.17) is 0 Å².